The molecule has 0 radical (unpaired) electrons. The van der Waals surface area contributed by atoms with Gasteiger partial charge >= 0.3 is 12.0 Å². The molecule has 0 unspecified atom stereocenters. The van der Waals surface area contributed by atoms with E-state index in [-0.39, 0.29) is 16.8 Å². The fraction of sp³-hybridized carbons (Fsp3) is 0. The molecule has 9 heteroatoms. The Balaban J connectivity index is 1.72. The summed E-state index contributed by atoms with van der Waals surface area (Å²) in [5, 5.41) is 11.1. The molecular weight excluding hydrogens is 405 g/mol. The molecule has 2 N–H and O–H groups in total. The van der Waals surface area contributed by atoms with Crippen molar-refractivity contribution in [2.45, 2.75) is 0 Å². The lowest BCUT2D eigenvalue weighted by atomic mass is 10.1. The fourth-order valence-electron chi connectivity index (χ4n) is 3.17. The van der Waals surface area contributed by atoms with Crippen LogP contribution >= 0.6 is 0 Å². The second kappa shape index (κ2) is 7.71. The van der Waals surface area contributed by atoms with Gasteiger partial charge < -0.3 is 9.67 Å². The molecule has 1 aliphatic heterocycles. The average Bonchev–Trinajstić information content (AvgIpc) is 3.19. The van der Waals surface area contributed by atoms with Gasteiger partial charge in [0, 0.05) is 17.6 Å². The zero-order valence-electron chi connectivity index (χ0n) is 15.8. The molecule has 2 aromatic carbocycles. The number of benzene rings is 2. The van der Waals surface area contributed by atoms with Crippen LogP contribution < -0.4 is 10.2 Å². The van der Waals surface area contributed by atoms with Crippen molar-refractivity contribution in [1.82, 2.24) is 9.88 Å². The number of anilines is 1. The molecule has 0 aliphatic carbocycles. The van der Waals surface area contributed by atoms with E-state index in [0.717, 1.165) is 6.07 Å². The van der Waals surface area contributed by atoms with Gasteiger partial charge in [-0.3, -0.25) is 14.9 Å². The summed E-state index contributed by atoms with van der Waals surface area (Å²) in [6, 6.07) is 13.3. The van der Waals surface area contributed by atoms with Gasteiger partial charge in [0.15, 0.2) is 0 Å². The second-order valence-electron chi connectivity index (χ2n) is 6.59. The molecule has 1 aromatic heterocycles. The summed E-state index contributed by atoms with van der Waals surface area (Å²) in [4.78, 5) is 49.2. The van der Waals surface area contributed by atoms with E-state index in [2.05, 4.69) is 5.32 Å². The second-order valence-corrected chi connectivity index (χ2v) is 6.59. The maximum atomic E-state index is 13.6. The van der Waals surface area contributed by atoms with Crippen molar-refractivity contribution < 1.29 is 28.7 Å². The maximum Gasteiger partial charge on any atom is 0.335 e. The molecule has 1 aliphatic rings. The molecule has 8 nitrogen and oxygen atoms in total. The van der Waals surface area contributed by atoms with Crippen LogP contribution in [0.15, 0.2) is 72.4 Å². The molecule has 0 saturated carbocycles. The summed E-state index contributed by atoms with van der Waals surface area (Å²) in [5.41, 5.74) is 0.826. The first kappa shape index (κ1) is 19.8. The predicted octanol–water partition coefficient (Wildman–Crippen LogP) is 2.98. The Kier molecular flexibility index (Phi) is 4.92. The third-order valence-electron chi connectivity index (χ3n) is 4.63. The van der Waals surface area contributed by atoms with Gasteiger partial charge in [-0.25, -0.2) is 18.9 Å². The maximum absolute atomic E-state index is 13.6. The number of carboxylic acid groups (broad SMARTS) is 1. The number of aromatic carboxylic acids is 1. The highest BCUT2D eigenvalue weighted by molar-refractivity contribution is 6.39. The molecule has 1 fully saturated rings. The summed E-state index contributed by atoms with van der Waals surface area (Å²) in [7, 11) is 0. The van der Waals surface area contributed by atoms with E-state index in [1.165, 1.54) is 36.4 Å². The Hall–Kier alpha value is -4.53. The number of halogens is 1. The van der Waals surface area contributed by atoms with Gasteiger partial charge in [0.25, 0.3) is 11.8 Å². The van der Waals surface area contributed by atoms with E-state index in [1.54, 1.807) is 35.0 Å². The van der Waals surface area contributed by atoms with Crippen molar-refractivity contribution in [2.24, 2.45) is 0 Å². The van der Waals surface area contributed by atoms with Crippen molar-refractivity contribution in [2.75, 3.05) is 4.90 Å². The molecule has 0 atom stereocenters. The Morgan fingerprint density at radius 1 is 0.968 bits per heavy atom. The lowest BCUT2D eigenvalue weighted by molar-refractivity contribution is -0.122. The number of barbiturate groups is 1. The van der Waals surface area contributed by atoms with E-state index in [1.807, 2.05) is 0 Å². The van der Waals surface area contributed by atoms with Crippen LogP contribution in [-0.2, 0) is 9.59 Å². The van der Waals surface area contributed by atoms with Crippen LogP contribution in [0.3, 0.4) is 0 Å². The third-order valence-corrected chi connectivity index (χ3v) is 4.63. The number of aromatic nitrogens is 1. The Morgan fingerprint density at radius 2 is 1.71 bits per heavy atom. The first-order chi connectivity index (χ1) is 14.8. The van der Waals surface area contributed by atoms with Crippen LogP contribution in [0.4, 0.5) is 14.9 Å². The molecule has 4 amide bonds. The Bertz CT molecular complexity index is 1260. The number of urea groups is 1. The first-order valence-electron chi connectivity index (χ1n) is 9.03. The molecule has 0 spiro atoms. The fourth-order valence-corrected chi connectivity index (χ4v) is 3.17. The molecule has 0 bridgehead atoms. The van der Waals surface area contributed by atoms with Crippen LogP contribution in [-0.4, -0.2) is 33.5 Å². The molecule has 31 heavy (non-hydrogen) atoms. The number of amides is 4. The summed E-state index contributed by atoms with van der Waals surface area (Å²) in [5.74, 6) is -3.47. The number of hydrogen-bond acceptors (Lipinski definition) is 4. The van der Waals surface area contributed by atoms with Gasteiger partial charge in [-0.2, -0.15) is 0 Å². The van der Waals surface area contributed by atoms with E-state index < -0.39 is 29.6 Å². The summed E-state index contributed by atoms with van der Waals surface area (Å²) in [6.07, 6.45) is 2.98. The van der Waals surface area contributed by atoms with Gasteiger partial charge in [0.1, 0.15) is 11.4 Å². The van der Waals surface area contributed by atoms with Gasteiger partial charge in [-0.15, -0.1) is 0 Å². The van der Waals surface area contributed by atoms with Crippen molar-refractivity contribution in [1.29, 1.82) is 0 Å². The number of carbonyl (C=O) groups excluding carboxylic acids is 3. The van der Waals surface area contributed by atoms with E-state index in [9.17, 15) is 23.6 Å². The Morgan fingerprint density at radius 3 is 2.39 bits per heavy atom. The minimum Gasteiger partial charge on any atom is -0.478 e. The number of nitrogens with one attached hydrogen (secondary N) is 1. The number of carboxylic acids is 1. The highest BCUT2D eigenvalue weighted by atomic mass is 19.1. The quantitative estimate of drug-likeness (QED) is 0.499. The average molecular weight is 419 g/mol. The highest BCUT2D eigenvalue weighted by Crippen LogP contribution is 2.23. The topological polar surface area (TPSA) is 109 Å². The Labute approximate surface area is 174 Å². The highest BCUT2D eigenvalue weighted by Gasteiger charge is 2.37. The molecular formula is C22H14FN3O5. The monoisotopic (exact) mass is 419 g/mol. The van der Waals surface area contributed by atoms with E-state index in [4.69, 9.17) is 5.11 Å². The number of imide groups is 2. The summed E-state index contributed by atoms with van der Waals surface area (Å²) < 4.78 is 15.2. The summed E-state index contributed by atoms with van der Waals surface area (Å²) >= 11 is 0. The van der Waals surface area contributed by atoms with E-state index in [0.29, 0.717) is 16.3 Å². The van der Waals surface area contributed by atoms with Crippen molar-refractivity contribution in [3.8, 4) is 5.69 Å². The van der Waals surface area contributed by atoms with Crippen molar-refractivity contribution >= 4 is 35.6 Å². The number of nitrogens with zero attached hydrogens (tertiary/aromatic N) is 2. The van der Waals surface area contributed by atoms with Crippen molar-refractivity contribution in [3.05, 3.63) is 89.5 Å². The van der Waals surface area contributed by atoms with Crippen LogP contribution in [0.2, 0.25) is 0 Å². The van der Waals surface area contributed by atoms with Crippen LogP contribution in [0, 0.1) is 5.82 Å². The van der Waals surface area contributed by atoms with Gasteiger partial charge in [-0.05, 0) is 60.7 Å². The minimum absolute atomic E-state index is 0.0134. The van der Waals surface area contributed by atoms with Crippen LogP contribution in [0.1, 0.15) is 16.1 Å². The normalized spacial score (nSPS) is 15.3. The SMILES string of the molecule is O=C1NC(=O)N(c2cccc(F)c2)C(=O)C1=Cc1cccn1-c1ccc(C(=O)O)cc1. The molecule has 154 valence electrons. The lowest BCUT2D eigenvalue weighted by Crippen LogP contribution is -2.54. The molecule has 1 saturated heterocycles. The summed E-state index contributed by atoms with van der Waals surface area (Å²) in [6.45, 7) is 0. The number of carbonyl (C=O) groups is 4. The zero-order valence-corrected chi connectivity index (χ0v) is 15.8. The minimum atomic E-state index is -1.06. The lowest BCUT2D eigenvalue weighted by Gasteiger charge is -2.26. The predicted molar refractivity (Wildman–Crippen MR) is 108 cm³/mol. The van der Waals surface area contributed by atoms with Gasteiger partial charge in [0.05, 0.1) is 11.3 Å². The number of hydrogen-bond donors (Lipinski definition) is 2. The largest absolute Gasteiger partial charge is 0.478 e. The van der Waals surface area contributed by atoms with Crippen molar-refractivity contribution in [3.63, 3.8) is 0 Å². The first-order valence-corrected chi connectivity index (χ1v) is 9.03. The van der Waals surface area contributed by atoms with Gasteiger partial charge in [-0.1, -0.05) is 6.07 Å². The zero-order chi connectivity index (χ0) is 22.1. The van der Waals surface area contributed by atoms with Crippen LogP contribution in [0.5, 0.6) is 0 Å². The van der Waals surface area contributed by atoms with Gasteiger partial charge in [0.2, 0.25) is 0 Å². The molecule has 3 aromatic rings. The molecule has 2 heterocycles. The standard InChI is InChI=1S/C22H14FN3O5/c23-14-3-1-4-17(11-14)26-20(28)18(19(27)24-22(26)31)12-16-5-2-10-25(16)15-8-6-13(7-9-15)21(29)30/h1-12H,(H,29,30)(H,24,27,31). The van der Waals surface area contributed by atoms with E-state index >= 15 is 0 Å². The van der Waals surface area contributed by atoms with Crippen LogP contribution in [0.25, 0.3) is 11.8 Å². The molecule has 4 rings (SSSR count). The smallest absolute Gasteiger partial charge is 0.335 e. The number of rotatable bonds is 4. The third kappa shape index (κ3) is 3.71.